The van der Waals surface area contributed by atoms with E-state index in [0.29, 0.717) is 17.5 Å². The van der Waals surface area contributed by atoms with Crippen molar-refractivity contribution in [2.24, 2.45) is 11.0 Å². The molecule has 2 unspecified atom stereocenters. The van der Waals surface area contributed by atoms with Crippen molar-refractivity contribution in [2.75, 3.05) is 26.1 Å². The largest absolute Gasteiger partial charge is 0.507 e. The highest BCUT2D eigenvalue weighted by atomic mass is 16.4. The van der Waals surface area contributed by atoms with Crippen molar-refractivity contribution in [2.45, 2.75) is 12.8 Å². The Hall–Kier alpha value is -3.90. The van der Waals surface area contributed by atoms with Crippen LogP contribution in [0.5, 0.6) is 5.75 Å². The first-order valence-corrected chi connectivity index (χ1v) is 11.3. The van der Waals surface area contributed by atoms with E-state index in [1.807, 2.05) is 87.7 Å². The van der Waals surface area contributed by atoms with Crippen LogP contribution in [0.3, 0.4) is 0 Å². The molecule has 2 atom stereocenters. The molecule has 4 aromatic rings. The molecule has 4 rings (SSSR count). The fourth-order valence-electron chi connectivity index (χ4n) is 4.30. The van der Waals surface area contributed by atoms with Gasteiger partial charge in [0.05, 0.1) is 16.6 Å². The number of nitrogens with zero attached hydrogens (tertiary/aromatic N) is 2. The maximum atomic E-state index is 13.3. The highest BCUT2D eigenvalue weighted by Crippen LogP contribution is 2.39. The third-order valence-corrected chi connectivity index (χ3v) is 5.93. The standard InChI is InChI=1S/C28H29N3O3/c1-19(29-30-21-14-8-5-9-15-21)23(18-31(2)3)25(20-12-6-4-7-13-20)26-27(32)22-16-10-11-17-24(22)34-28(26)33/h4-17,23,25,30,32H,18H2,1-3H3/b29-19-. The first-order chi connectivity index (χ1) is 16.5. The van der Waals surface area contributed by atoms with Crippen LogP contribution in [-0.2, 0) is 0 Å². The van der Waals surface area contributed by atoms with Crippen molar-refractivity contribution in [1.82, 2.24) is 4.90 Å². The fraction of sp³-hybridized carbons (Fsp3) is 0.214. The van der Waals surface area contributed by atoms with Crippen LogP contribution < -0.4 is 11.1 Å². The van der Waals surface area contributed by atoms with Crippen molar-refractivity contribution in [1.29, 1.82) is 0 Å². The van der Waals surface area contributed by atoms with Gasteiger partial charge in [-0.05, 0) is 50.8 Å². The van der Waals surface area contributed by atoms with Crippen LogP contribution in [-0.4, -0.2) is 36.4 Å². The highest BCUT2D eigenvalue weighted by Gasteiger charge is 2.33. The number of benzene rings is 3. The Morgan fingerprint density at radius 3 is 2.26 bits per heavy atom. The predicted octanol–water partition coefficient (Wildman–Crippen LogP) is 5.30. The molecule has 0 spiro atoms. The summed E-state index contributed by atoms with van der Waals surface area (Å²) in [6, 6.07) is 26.5. The van der Waals surface area contributed by atoms with Crippen molar-refractivity contribution in [3.05, 3.63) is 106 Å². The van der Waals surface area contributed by atoms with Gasteiger partial charge in [-0.15, -0.1) is 0 Å². The van der Waals surface area contributed by atoms with Crippen LogP contribution in [0.1, 0.15) is 24.0 Å². The van der Waals surface area contributed by atoms with Crippen LogP contribution in [0.15, 0.2) is 99.2 Å². The number of nitrogens with one attached hydrogen (secondary N) is 1. The van der Waals surface area contributed by atoms with E-state index in [-0.39, 0.29) is 17.2 Å². The average Bonchev–Trinajstić information content (AvgIpc) is 2.85. The Kier molecular flexibility index (Phi) is 7.09. The van der Waals surface area contributed by atoms with E-state index in [2.05, 4.69) is 15.4 Å². The Bertz CT molecular complexity index is 1330. The Labute approximate surface area is 199 Å². The van der Waals surface area contributed by atoms with E-state index in [9.17, 15) is 9.90 Å². The van der Waals surface area contributed by atoms with Gasteiger partial charge in [-0.25, -0.2) is 4.79 Å². The first kappa shape index (κ1) is 23.3. The lowest BCUT2D eigenvalue weighted by atomic mass is 9.78. The summed E-state index contributed by atoms with van der Waals surface area (Å²) in [5.41, 5.74) is 5.76. The van der Waals surface area contributed by atoms with E-state index in [0.717, 1.165) is 17.0 Å². The molecule has 0 aliphatic rings. The van der Waals surface area contributed by atoms with E-state index >= 15 is 0 Å². The molecule has 0 amide bonds. The lowest BCUT2D eigenvalue weighted by Gasteiger charge is -2.30. The molecule has 0 saturated heterocycles. The molecular formula is C28H29N3O3. The van der Waals surface area contributed by atoms with Gasteiger partial charge in [-0.3, -0.25) is 5.43 Å². The minimum absolute atomic E-state index is 0.0479. The third kappa shape index (κ3) is 5.02. The lowest BCUT2D eigenvalue weighted by molar-refractivity contribution is 0.346. The summed E-state index contributed by atoms with van der Waals surface area (Å²) < 4.78 is 5.66. The molecule has 1 aromatic heterocycles. The molecule has 0 aliphatic carbocycles. The summed E-state index contributed by atoms with van der Waals surface area (Å²) in [7, 11) is 3.96. The molecule has 3 aromatic carbocycles. The topological polar surface area (TPSA) is 78.1 Å². The fourth-order valence-corrected chi connectivity index (χ4v) is 4.30. The molecule has 2 N–H and O–H groups in total. The molecule has 0 fully saturated rings. The molecule has 0 aliphatic heterocycles. The van der Waals surface area contributed by atoms with E-state index < -0.39 is 11.5 Å². The Morgan fingerprint density at radius 1 is 0.971 bits per heavy atom. The number of hydrogen-bond donors (Lipinski definition) is 2. The van der Waals surface area contributed by atoms with Gasteiger partial charge >= 0.3 is 5.63 Å². The second kappa shape index (κ2) is 10.4. The summed E-state index contributed by atoms with van der Waals surface area (Å²) in [5.74, 6) is -0.734. The van der Waals surface area contributed by atoms with Gasteiger partial charge in [0.15, 0.2) is 0 Å². The number of fused-ring (bicyclic) bond motifs is 1. The highest BCUT2D eigenvalue weighted by molar-refractivity contribution is 5.88. The zero-order chi connectivity index (χ0) is 24.1. The van der Waals surface area contributed by atoms with E-state index in [4.69, 9.17) is 4.42 Å². The monoisotopic (exact) mass is 455 g/mol. The van der Waals surface area contributed by atoms with Gasteiger partial charge in [0.2, 0.25) is 0 Å². The van der Waals surface area contributed by atoms with Gasteiger partial charge in [-0.2, -0.15) is 5.10 Å². The summed E-state index contributed by atoms with van der Waals surface area (Å²) in [4.78, 5) is 15.3. The number of hydrogen-bond acceptors (Lipinski definition) is 6. The molecule has 0 radical (unpaired) electrons. The molecule has 174 valence electrons. The van der Waals surface area contributed by atoms with Gasteiger partial charge in [0, 0.05) is 24.1 Å². The Balaban J connectivity index is 1.88. The maximum Gasteiger partial charge on any atom is 0.343 e. The summed E-state index contributed by atoms with van der Waals surface area (Å²) in [6.07, 6.45) is 0. The third-order valence-electron chi connectivity index (χ3n) is 5.93. The second-order valence-corrected chi connectivity index (χ2v) is 8.64. The maximum absolute atomic E-state index is 13.3. The number of rotatable bonds is 8. The van der Waals surface area contributed by atoms with Crippen LogP contribution in [0.4, 0.5) is 5.69 Å². The van der Waals surface area contributed by atoms with Crippen LogP contribution in [0.25, 0.3) is 11.0 Å². The minimum atomic E-state index is -0.544. The number of anilines is 1. The molecular weight excluding hydrogens is 426 g/mol. The van der Waals surface area contributed by atoms with Crippen LogP contribution in [0, 0.1) is 5.92 Å². The quantitative estimate of drug-likeness (QED) is 0.214. The molecule has 6 nitrogen and oxygen atoms in total. The van der Waals surface area contributed by atoms with E-state index in [1.165, 1.54) is 0 Å². The number of hydrazone groups is 1. The van der Waals surface area contributed by atoms with Gasteiger partial charge in [-0.1, -0.05) is 60.7 Å². The normalized spacial score (nSPS) is 13.7. The van der Waals surface area contributed by atoms with Crippen LogP contribution in [0.2, 0.25) is 0 Å². The number of aromatic hydroxyl groups is 1. The average molecular weight is 456 g/mol. The molecule has 0 bridgehead atoms. The zero-order valence-electron chi connectivity index (χ0n) is 19.6. The minimum Gasteiger partial charge on any atom is -0.507 e. The SMILES string of the molecule is C/C(=N/Nc1ccccc1)C(CN(C)C)C(c1ccccc1)c1c(O)c2ccccc2oc1=O. The smallest absolute Gasteiger partial charge is 0.343 e. The summed E-state index contributed by atoms with van der Waals surface area (Å²) >= 11 is 0. The van der Waals surface area contributed by atoms with Crippen LogP contribution >= 0.6 is 0 Å². The van der Waals surface area contributed by atoms with Crippen molar-refractivity contribution in [3.63, 3.8) is 0 Å². The van der Waals surface area contributed by atoms with Crippen molar-refractivity contribution < 1.29 is 9.52 Å². The lowest BCUT2D eigenvalue weighted by Crippen LogP contribution is -2.34. The number of para-hydroxylation sites is 2. The molecule has 0 saturated carbocycles. The van der Waals surface area contributed by atoms with Gasteiger partial charge in [0.1, 0.15) is 11.3 Å². The van der Waals surface area contributed by atoms with E-state index in [1.54, 1.807) is 18.2 Å². The zero-order valence-corrected chi connectivity index (χ0v) is 19.6. The van der Waals surface area contributed by atoms with Crippen molar-refractivity contribution >= 4 is 22.4 Å². The summed E-state index contributed by atoms with van der Waals surface area (Å²) in [5, 5.41) is 16.5. The molecule has 34 heavy (non-hydrogen) atoms. The first-order valence-electron chi connectivity index (χ1n) is 11.3. The second-order valence-electron chi connectivity index (χ2n) is 8.64. The summed E-state index contributed by atoms with van der Waals surface area (Å²) in [6.45, 7) is 2.55. The molecule has 1 heterocycles. The van der Waals surface area contributed by atoms with Gasteiger partial charge < -0.3 is 14.4 Å². The Morgan fingerprint density at radius 2 is 1.59 bits per heavy atom. The van der Waals surface area contributed by atoms with Gasteiger partial charge in [0.25, 0.3) is 0 Å². The predicted molar refractivity (Wildman–Crippen MR) is 138 cm³/mol. The van der Waals surface area contributed by atoms with Crippen molar-refractivity contribution in [3.8, 4) is 5.75 Å². The molecule has 6 heteroatoms.